The van der Waals surface area contributed by atoms with Gasteiger partial charge in [-0.25, -0.2) is 9.07 Å². The molecule has 1 aliphatic heterocycles. The van der Waals surface area contributed by atoms with Crippen molar-refractivity contribution in [3.8, 4) is 22.7 Å². The summed E-state index contributed by atoms with van der Waals surface area (Å²) in [5.74, 6) is 0.134. The number of hydrogen-bond donors (Lipinski definition) is 1. The molecule has 0 spiro atoms. The van der Waals surface area contributed by atoms with Gasteiger partial charge in [-0.3, -0.25) is 0 Å². The Morgan fingerprint density at radius 3 is 2.77 bits per heavy atom. The van der Waals surface area contributed by atoms with Crippen molar-refractivity contribution >= 4 is 0 Å². The second-order valence-electron chi connectivity index (χ2n) is 6.10. The summed E-state index contributed by atoms with van der Waals surface area (Å²) in [6.45, 7) is 2.40. The van der Waals surface area contributed by atoms with Crippen molar-refractivity contribution in [3.63, 3.8) is 0 Å². The third-order valence-electron chi connectivity index (χ3n) is 4.53. The number of nitrogens with zero attached hydrogens (tertiary/aromatic N) is 2. The van der Waals surface area contributed by atoms with Gasteiger partial charge in [0.15, 0.2) is 0 Å². The van der Waals surface area contributed by atoms with Gasteiger partial charge in [0, 0.05) is 13.1 Å². The van der Waals surface area contributed by atoms with E-state index in [1.807, 2.05) is 24.3 Å². The van der Waals surface area contributed by atoms with E-state index in [0.29, 0.717) is 23.6 Å². The van der Waals surface area contributed by atoms with Crippen LogP contribution < -0.4 is 10.1 Å². The highest BCUT2D eigenvalue weighted by molar-refractivity contribution is 5.69. The molecule has 0 aliphatic carbocycles. The number of halogens is 1. The number of benzene rings is 2. The summed E-state index contributed by atoms with van der Waals surface area (Å²) in [6, 6.07) is 14.6. The largest absolute Gasteiger partial charge is 0.496 e. The first kappa shape index (κ1) is 16.8. The van der Waals surface area contributed by atoms with Crippen molar-refractivity contribution in [3.05, 3.63) is 66.1 Å². The fraction of sp³-hybridized carbons (Fsp3) is 0.250. The predicted octanol–water partition coefficient (Wildman–Crippen LogP) is 3.35. The first-order valence-corrected chi connectivity index (χ1v) is 8.57. The van der Waals surface area contributed by atoms with Crippen LogP contribution in [-0.4, -0.2) is 36.6 Å². The lowest BCUT2D eigenvalue weighted by atomic mass is 10.1. The van der Waals surface area contributed by atoms with Crippen molar-refractivity contribution in [2.24, 2.45) is 0 Å². The van der Waals surface area contributed by atoms with Crippen LogP contribution in [0.5, 0.6) is 5.75 Å². The van der Waals surface area contributed by atoms with Crippen LogP contribution in [0, 0.1) is 5.82 Å². The van der Waals surface area contributed by atoms with Gasteiger partial charge in [-0.1, -0.05) is 18.2 Å². The highest BCUT2D eigenvalue weighted by Gasteiger charge is 2.18. The van der Waals surface area contributed by atoms with Crippen molar-refractivity contribution in [1.82, 2.24) is 15.1 Å². The molecule has 5 nitrogen and oxygen atoms in total. The topological polar surface area (TPSA) is 48.3 Å². The van der Waals surface area contributed by atoms with Crippen molar-refractivity contribution in [2.75, 3.05) is 26.8 Å². The maximum Gasteiger partial charge on any atom is 0.136 e. The van der Waals surface area contributed by atoms with E-state index < -0.39 is 0 Å². The summed E-state index contributed by atoms with van der Waals surface area (Å²) < 4.78 is 27.3. The molecule has 0 bridgehead atoms. The first-order valence-electron chi connectivity index (χ1n) is 8.57. The number of rotatable bonds is 4. The van der Waals surface area contributed by atoms with Gasteiger partial charge in [-0.2, -0.15) is 5.10 Å². The van der Waals surface area contributed by atoms with E-state index in [2.05, 4.69) is 10.4 Å². The Bertz CT molecular complexity index is 886. The summed E-state index contributed by atoms with van der Waals surface area (Å²) in [7, 11) is 1.53. The van der Waals surface area contributed by atoms with E-state index in [1.54, 1.807) is 29.1 Å². The fourth-order valence-electron chi connectivity index (χ4n) is 3.23. The molecule has 6 heteroatoms. The Kier molecular flexibility index (Phi) is 4.69. The molecule has 134 valence electrons. The third kappa shape index (κ3) is 3.09. The summed E-state index contributed by atoms with van der Waals surface area (Å²) >= 11 is 0. The van der Waals surface area contributed by atoms with E-state index in [-0.39, 0.29) is 11.9 Å². The van der Waals surface area contributed by atoms with Crippen LogP contribution in [0.1, 0.15) is 11.7 Å². The lowest BCUT2D eigenvalue weighted by molar-refractivity contribution is 0.0277. The molecule has 1 aliphatic rings. The molecule has 1 unspecified atom stereocenters. The minimum Gasteiger partial charge on any atom is -0.496 e. The summed E-state index contributed by atoms with van der Waals surface area (Å²) in [5.41, 5.74) is 3.00. The van der Waals surface area contributed by atoms with Gasteiger partial charge in [0.2, 0.25) is 0 Å². The molecule has 0 saturated carbocycles. The molecule has 2 aromatic carbocycles. The second-order valence-corrected chi connectivity index (χ2v) is 6.10. The molecule has 1 N–H and O–H groups in total. The fourth-order valence-corrected chi connectivity index (χ4v) is 3.23. The van der Waals surface area contributed by atoms with Gasteiger partial charge in [0.1, 0.15) is 11.6 Å². The minimum absolute atomic E-state index is 0.0570. The Morgan fingerprint density at radius 1 is 1.19 bits per heavy atom. The monoisotopic (exact) mass is 353 g/mol. The molecular formula is C20H20FN3O2. The molecule has 1 aromatic heterocycles. The highest BCUT2D eigenvalue weighted by atomic mass is 19.1. The smallest absolute Gasteiger partial charge is 0.136 e. The molecule has 4 rings (SSSR count). The van der Waals surface area contributed by atoms with E-state index in [9.17, 15) is 4.39 Å². The van der Waals surface area contributed by atoms with Crippen LogP contribution >= 0.6 is 0 Å². The Morgan fingerprint density at radius 2 is 2.04 bits per heavy atom. The lowest BCUT2D eigenvalue weighted by Gasteiger charge is -2.24. The number of morpholine rings is 1. The molecule has 0 radical (unpaired) electrons. The quantitative estimate of drug-likeness (QED) is 0.781. The molecule has 2 heterocycles. The molecule has 26 heavy (non-hydrogen) atoms. The van der Waals surface area contributed by atoms with Crippen molar-refractivity contribution in [1.29, 1.82) is 0 Å². The zero-order chi connectivity index (χ0) is 17.9. The molecular weight excluding hydrogens is 333 g/mol. The predicted molar refractivity (Wildman–Crippen MR) is 97.1 cm³/mol. The molecule has 1 fully saturated rings. The zero-order valence-corrected chi connectivity index (χ0v) is 14.5. The Balaban J connectivity index is 1.69. The molecule has 1 saturated heterocycles. The maximum absolute atomic E-state index is 14.5. The van der Waals surface area contributed by atoms with Gasteiger partial charge < -0.3 is 14.8 Å². The minimum atomic E-state index is -0.343. The normalized spacial score (nSPS) is 17.2. The summed E-state index contributed by atoms with van der Waals surface area (Å²) in [5, 5.41) is 7.70. The SMILES string of the molecule is COc1cccc(F)c1-c1ccnn1-c1ccc(C2CNCCO2)cc1. The van der Waals surface area contributed by atoms with E-state index >= 15 is 0 Å². The average Bonchev–Trinajstić information content (AvgIpc) is 3.18. The van der Waals surface area contributed by atoms with Gasteiger partial charge in [0.25, 0.3) is 0 Å². The van der Waals surface area contributed by atoms with Gasteiger partial charge in [-0.15, -0.1) is 0 Å². The van der Waals surface area contributed by atoms with Crippen LogP contribution in [0.3, 0.4) is 0 Å². The number of nitrogens with one attached hydrogen (secondary N) is 1. The Labute approximate surface area is 151 Å². The van der Waals surface area contributed by atoms with E-state index in [4.69, 9.17) is 9.47 Å². The van der Waals surface area contributed by atoms with E-state index in [0.717, 1.165) is 24.3 Å². The van der Waals surface area contributed by atoms with Gasteiger partial charge in [-0.05, 0) is 35.9 Å². The van der Waals surface area contributed by atoms with Gasteiger partial charge in [0.05, 0.1) is 43.0 Å². The maximum atomic E-state index is 14.5. The number of hydrogen-bond acceptors (Lipinski definition) is 4. The lowest BCUT2D eigenvalue weighted by Crippen LogP contribution is -2.33. The van der Waals surface area contributed by atoms with Crippen LogP contribution in [0.2, 0.25) is 0 Å². The van der Waals surface area contributed by atoms with Crippen LogP contribution in [0.4, 0.5) is 4.39 Å². The molecule has 3 aromatic rings. The highest BCUT2D eigenvalue weighted by Crippen LogP contribution is 2.33. The van der Waals surface area contributed by atoms with Crippen LogP contribution in [-0.2, 0) is 4.74 Å². The average molecular weight is 353 g/mol. The first-order chi connectivity index (χ1) is 12.8. The Hall–Kier alpha value is -2.70. The molecule has 1 atom stereocenters. The summed E-state index contributed by atoms with van der Waals surface area (Å²) in [4.78, 5) is 0. The zero-order valence-electron chi connectivity index (χ0n) is 14.5. The van der Waals surface area contributed by atoms with Gasteiger partial charge >= 0.3 is 0 Å². The molecule has 0 amide bonds. The van der Waals surface area contributed by atoms with E-state index in [1.165, 1.54) is 13.2 Å². The number of ether oxygens (including phenoxy) is 2. The third-order valence-corrected chi connectivity index (χ3v) is 4.53. The van der Waals surface area contributed by atoms with Crippen molar-refractivity contribution < 1.29 is 13.9 Å². The number of methoxy groups -OCH3 is 1. The van der Waals surface area contributed by atoms with Crippen LogP contribution in [0.15, 0.2) is 54.7 Å². The summed E-state index contributed by atoms with van der Waals surface area (Å²) in [6.07, 6.45) is 1.71. The standard InChI is InChI=1S/C20H20FN3O2/c1-25-18-4-2-3-16(21)20(18)17-9-10-23-24(17)15-7-5-14(6-8-15)19-13-22-11-12-26-19/h2-10,19,22H,11-13H2,1H3. The number of aromatic nitrogens is 2. The van der Waals surface area contributed by atoms with Crippen molar-refractivity contribution in [2.45, 2.75) is 6.10 Å². The van der Waals surface area contributed by atoms with Crippen LogP contribution in [0.25, 0.3) is 16.9 Å². The second kappa shape index (κ2) is 7.27.